The van der Waals surface area contributed by atoms with Crippen LogP contribution in [0, 0.1) is 5.92 Å². The second kappa shape index (κ2) is 6.38. The third-order valence-corrected chi connectivity index (χ3v) is 5.50. The molecule has 1 saturated heterocycles. The maximum atomic E-state index is 12.9. The summed E-state index contributed by atoms with van der Waals surface area (Å²) in [5.41, 5.74) is 0.397. The molecule has 3 heterocycles. The molecule has 7 nitrogen and oxygen atoms in total. The van der Waals surface area contributed by atoms with E-state index in [0.717, 1.165) is 5.56 Å². The first-order valence-electron chi connectivity index (χ1n) is 8.08. The number of carboxylic acids is 1. The Labute approximate surface area is 152 Å². The molecule has 2 aromatic heterocycles. The molecular weight excluding hydrogens is 354 g/mol. The van der Waals surface area contributed by atoms with Crippen LogP contribution in [0.25, 0.3) is 4.96 Å². The molecule has 3 aromatic rings. The standard InChI is InChI=1S/C18H15N3O4S/c22-15(12-8-19-18-21(16(12)23)6-7-26-18)20-9-13(14(10-20)17(24)25)11-4-2-1-3-5-11/h1-8,13-14H,9-10H2,(H,24,25)/t13-,14+/m0/s1. The van der Waals surface area contributed by atoms with Gasteiger partial charge in [-0.2, -0.15) is 0 Å². The summed E-state index contributed by atoms with van der Waals surface area (Å²) < 4.78 is 1.33. The van der Waals surface area contributed by atoms with E-state index in [-0.39, 0.29) is 24.6 Å². The van der Waals surface area contributed by atoms with Crippen molar-refractivity contribution in [2.45, 2.75) is 5.92 Å². The number of carbonyl (C=O) groups is 2. The Morgan fingerprint density at radius 1 is 1.19 bits per heavy atom. The van der Waals surface area contributed by atoms with Gasteiger partial charge in [0.1, 0.15) is 5.56 Å². The van der Waals surface area contributed by atoms with Gasteiger partial charge >= 0.3 is 5.97 Å². The first-order valence-corrected chi connectivity index (χ1v) is 8.96. The maximum absolute atomic E-state index is 12.9. The topological polar surface area (TPSA) is 92.0 Å². The number of fused-ring (bicyclic) bond motifs is 1. The number of aliphatic carboxylic acids is 1. The minimum absolute atomic E-state index is 0.0428. The van der Waals surface area contributed by atoms with Crippen LogP contribution in [0.15, 0.2) is 52.9 Å². The van der Waals surface area contributed by atoms with Gasteiger partial charge in [-0.1, -0.05) is 30.3 Å². The van der Waals surface area contributed by atoms with Crippen LogP contribution in [0.5, 0.6) is 0 Å². The quantitative estimate of drug-likeness (QED) is 0.759. The minimum atomic E-state index is -0.947. The SMILES string of the molecule is O=C(O)[C@@H]1CN(C(=O)c2cnc3sccn3c2=O)C[C@H]1c1ccccc1. The van der Waals surface area contributed by atoms with Crippen molar-refractivity contribution in [2.75, 3.05) is 13.1 Å². The van der Waals surface area contributed by atoms with E-state index in [2.05, 4.69) is 4.98 Å². The normalized spacial score (nSPS) is 19.8. The highest BCUT2D eigenvalue weighted by Crippen LogP contribution is 2.33. The fraction of sp³-hybridized carbons (Fsp3) is 0.222. The zero-order valence-corrected chi connectivity index (χ0v) is 14.4. The summed E-state index contributed by atoms with van der Waals surface area (Å²) in [6.45, 7) is 0.325. The number of benzene rings is 1. The van der Waals surface area contributed by atoms with Gasteiger partial charge < -0.3 is 10.0 Å². The van der Waals surface area contributed by atoms with Crippen LogP contribution in [0.1, 0.15) is 21.8 Å². The third-order valence-electron chi connectivity index (χ3n) is 4.73. The van der Waals surface area contributed by atoms with Crippen molar-refractivity contribution in [1.82, 2.24) is 14.3 Å². The van der Waals surface area contributed by atoms with Crippen molar-refractivity contribution in [3.63, 3.8) is 0 Å². The predicted molar refractivity (Wildman–Crippen MR) is 95.6 cm³/mol. The van der Waals surface area contributed by atoms with Crippen LogP contribution in [0.4, 0.5) is 0 Å². The molecule has 132 valence electrons. The lowest BCUT2D eigenvalue weighted by Crippen LogP contribution is -2.34. The van der Waals surface area contributed by atoms with Crippen LogP contribution in [0.3, 0.4) is 0 Å². The van der Waals surface area contributed by atoms with E-state index in [9.17, 15) is 19.5 Å². The molecule has 0 saturated carbocycles. The Kier molecular flexibility index (Phi) is 4.04. The predicted octanol–water partition coefficient (Wildman–Crippen LogP) is 1.70. The van der Waals surface area contributed by atoms with E-state index < -0.39 is 23.4 Å². The summed E-state index contributed by atoms with van der Waals surface area (Å²) in [6.07, 6.45) is 2.85. The number of hydrogen-bond donors (Lipinski definition) is 1. The Morgan fingerprint density at radius 2 is 1.96 bits per heavy atom. The van der Waals surface area contributed by atoms with Gasteiger partial charge in [0, 0.05) is 36.8 Å². The molecule has 4 rings (SSSR count). The highest BCUT2D eigenvalue weighted by Gasteiger charge is 2.41. The number of likely N-dealkylation sites (tertiary alicyclic amines) is 1. The summed E-state index contributed by atoms with van der Waals surface area (Å²) in [4.78, 5) is 43.2. The molecule has 1 amide bonds. The largest absolute Gasteiger partial charge is 0.481 e. The molecular formula is C18H15N3O4S. The summed E-state index contributed by atoms with van der Waals surface area (Å²) in [6, 6.07) is 9.28. The van der Waals surface area contributed by atoms with E-state index in [1.54, 1.807) is 11.6 Å². The third kappa shape index (κ3) is 2.68. The highest BCUT2D eigenvalue weighted by atomic mass is 32.1. The molecule has 1 N–H and O–H groups in total. The molecule has 26 heavy (non-hydrogen) atoms. The summed E-state index contributed by atoms with van der Waals surface area (Å²) in [5, 5.41) is 11.3. The summed E-state index contributed by atoms with van der Waals surface area (Å²) in [5.74, 6) is -2.44. The second-order valence-electron chi connectivity index (χ2n) is 6.20. The van der Waals surface area contributed by atoms with E-state index in [1.165, 1.54) is 26.8 Å². The van der Waals surface area contributed by atoms with Crippen molar-refractivity contribution >= 4 is 28.2 Å². The Hall–Kier alpha value is -3.00. The number of nitrogens with zero attached hydrogens (tertiary/aromatic N) is 3. The van der Waals surface area contributed by atoms with Gasteiger partial charge in [-0.15, -0.1) is 11.3 Å². The van der Waals surface area contributed by atoms with E-state index in [1.807, 2.05) is 30.3 Å². The Bertz CT molecular complexity index is 1040. The fourth-order valence-electron chi connectivity index (χ4n) is 3.40. The van der Waals surface area contributed by atoms with Crippen LogP contribution >= 0.6 is 11.3 Å². The van der Waals surface area contributed by atoms with E-state index in [0.29, 0.717) is 4.96 Å². The van der Waals surface area contributed by atoms with Gasteiger partial charge in [0.25, 0.3) is 11.5 Å². The highest BCUT2D eigenvalue weighted by molar-refractivity contribution is 7.15. The molecule has 0 spiro atoms. The zero-order valence-electron chi connectivity index (χ0n) is 13.6. The molecule has 0 radical (unpaired) electrons. The minimum Gasteiger partial charge on any atom is -0.481 e. The van der Waals surface area contributed by atoms with E-state index in [4.69, 9.17) is 0 Å². The van der Waals surface area contributed by atoms with Crippen LogP contribution in [-0.2, 0) is 4.79 Å². The van der Waals surface area contributed by atoms with Gasteiger partial charge in [0.05, 0.1) is 5.92 Å². The molecule has 2 atom stereocenters. The van der Waals surface area contributed by atoms with Gasteiger partial charge in [-0.05, 0) is 5.56 Å². The molecule has 1 fully saturated rings. The number of rotatable bonds is 3. The summed E-state index contributed by atoms with van der Waals surface area (Å²) >= 11 is 1.31. The molecule has 1 aromatic carbocycles. The van der Waals surface area contributed by atoms with Crippen molar-refractivity contribution in [3.05, 3.63) is 69.6 Å². The number of carbonyl (C=O) groups excluding carboxylic acids is 1. The van der Waals surface area contributed by atoms with Crippen LogP contribution in [0.2, 0.25) is 0 Å². The summed E-state index contributed by atoms with van der Waals surface area (Å²) in [7, 11) is 0. The monoisotopic (exact) mass is 369 g/mol. The lowest BCUT2D eigenvalue weighted by molar-refractivity contribution is -0.141. The lowest BCUT2D eigenvalue weighted by Gasteiger charge is -2.16. The molecule has 0 unspecified atom stereocenters. The molecule has 0 bridgehead atoms. The van der Waals surface area contributed by atoms with Gasteiger partial charge in [0.15, 0.2) is 4.96 Å². The smallest absolute Gasteiger partial charge is 0.308 e. The first-order chi connectivity index (χ1) is 12.6. The molecule has 1 aliphatic rings. The Balaban J connectivity index is 1.67. The maximum Gasteiger partial charge on any atom is 0.308 e. The van der Waals surface area contributed by atoms with Gasteiger partial charge in [-0.3, -0.25) is 18.8 Å². The average molecular weight is 369 g/mol. The lowest BCUT2D eigenvalue weighted by atomic mass is 9.89. The number of hydrogen-bond acceptors (Lipinski definition) is 5. The van der Waals surface area contributed by atoms with Crippen molar-refractivity contribution in [1.29, 1.82) is 0 Å². The number of amides is 1. The molecule has 8 heteroatoms. The first kappa shape index (κ1) is 16.5. The number of carboxylic acid groups (broad SMARTS) is 1. The number of thiazole rings is 1. The average Bonchev–Trinajstić information content (AvgIpc) is 3.30. The number of aromatic nitrogens is 2. The van der Waals surface area contributed by atoms with Crippen molar-refractivity contribution in [2.24, 2.45) is 5.92 Å². The van der Waals surface area contributed by atoms with Crippen LogP contribution in [-0.4, -0.2) is 44.4 Å². The van der Waals surface area contributed by atoms with E-state index >= 15 is 0 Å². The van der Waals surface area contributed by atoms with Crippen molar-refractivity contribution in [3.8, 4) is 0 Å². The molecule has 1 aliphatic heterocycles. The van der Waals surface area contributed by atoms with Crippen LogP contribution < -0.4 is 5.56 Å². The molecule has 0 aliphatic carbocycles. The Morgan fingerprint density at radius 3 is 2.69 bits per heavy atom. The van der Waals surface area contributed by atoms with Crippen molar-refractivity contribution < 1.29 is 14.7 Å². The zero-order chi connectivity index (χ0) is 18.3. The van der Waals surface area contributed by atoms with Gasteiger partial charge in [-0.25, -0.2) is 4.98 Å². The fourth-order valence-corrected chi connectivity index (χ4v) is 4.07. The second-order valence-corrected chi connectivity index (χ2v) is 7.08. The van der Waals surface area contributed by atoms with Gasteiger partial charge in [0.2, 0.25) is 0 Å².